The molecule has 1 nitrogen and oxygen atoms in total. The van der Waals surface area contributed by atoms with E-state index in [-0.39, 0.29) is 5.41 Å². The van der Waals surface area contributed by atoms with Crippen LogP contribution in [0.1, 0.15) is 54.0 Å². The third-order valence-corrected chi connectivity index (χ3v) is 13.4. The summed E-state index contributed by atoms with van der Waals surface area (Å²) in [7, 11) is 0. The Balaban J connectivity index is 1.01. The van der Waals surface area contributed by atoms with Gasteiger partial charge in [0.25, 0.3) is 0 Å². The summed E-state index contributed by atoms with van der Waals surface area (Å²) < 4.78 is 0. The maximum atomic E-state index is 2.46. The number of hydrogen-bond donors (Lipinski definition) is 0. The lowest BCUT2D eigenvalue weighted by atomic mass is 9.81. The Labute approximate surface area is 360 Å². The molecular formula is C60H47N. The number of fused-ring (bicyclic) bond motifs is 6. The quantitative estimate of drug-likeness (QED) is 0.156. The molecule has 0 fully saturated rings. The smallest absolute Gasteiger partial charge is 0.0543 e. The van der Waals surface area contributed by atoms with Crippen LogP contribution in [0.2, 0.25) is 0 Å². The molecule has 0 aliphatic heterocycles. The summed E-state index contributed by atoms with van der Waals surface area (Å²) in [5.74, 6) is 0.378. The van der Waals surface area contributed by atoms with Crippen molar-refractivity contribution in [3.63, 3.8) is 0 Å². The number of nitrogens with zero attached hydrogens (tertiary/aromatic N) is 1. The molecule has 9 aromatic carbocycles. The van der Waals surface area contributed by atoms with Crippen LogP contribution in [-0.4, -0.2) is 0 Å². The van der Waals surface area contributed by atoms with Crippen LogP contribution in [-0.2, 0) is 11.8 Å². The van der Waals surface area contributed by atoms with Gasteiger partial charge >= 0.3 is 0 Å². The van der Waals surface area contributed by atoms with Gasteiger partial charge in [-0.15, -0.1) is 0 Å². The minimum Gasteiger partial charge on any atom is -0.310 e. The minimum atomic E-state index is -0.163. The highest BCUT2D eigenvalue weighted by Gasteiger charge is 2.38. The van der Waals surface area contributed by atoms with E-state index in [1.54, 1.807) is 0 Å². The summed E-state index contributed by atoms with van der Waals surface area (Å²) in [6.07, 6.45) is 2.15. The Morgan fingerprint density at radius 2 is 0.951 bits per heavy atom. The predicted octanol–water partition coefficient (Wildman–Crippen LogP) is 16.2. The molecule has 0 spiro atoms. The molecule has 61 heavy (non-hydrogen) atoms. The van der Waals surface area contributed by atoms with Gasteiger partial charge in [0, 0.05) is 28.3 Å². The van der Waals surface area contributed by atoms with E-state index >= 15 is 0 Å². The average molecular weight is 782 g/mol. The van der Waals surface area contributed by atoms with E-state index in [4.69, 9.17) is 0 Å². The molecule has 1 heteroatoms. The normalized spacial score (nSPS) is 14.6. The van der Waals surface area contributed by atoms with Crippen molar-refractivity contribution in [2.45, 2.75) is 38.0 Å². The highest BCUT2D eigenvalue weighted by atomic mass is 15.1. The van der Waals surface area contributed by atoms with Crippen molar-refractivity contribution in [3.05, 3.63) is 246 Å². The lowest BCUT2D eigenvalue weighted by molar-refractivity contribution is 0.660. The van der Waals surface area contributed by atoms with Crippen LogP contribution in [0.15, 0.2) is 218 Å². The molecule has 2 aliphatic rings. The molecule has 292 valence electrons. The molecule has 2 aliphatic carbocycles. The Bertz CT molecular complexity index is 3020. The van der Waals surface area contributed by atoms with E-state index in [0.29, 0.717) is 5.92 Å². The fourth-order valence-corrected chi connectivity index (χ4v) is 10.2. The Morgan fingerprint density at radius 1 is 0.410 bits per heavy atom. The van der Waals surface area contributed by atoms with E-state index in [0.717, 1.165) is 24.2 Å². The maximum Gasteiger partial charge on any atom is 0.0543 e. The molecule has 11 rings (SSSR count). The number of benzene rings is 9. The third kappa shape index (κ3) is 6.49. The molecule has 1 atom stereocenters. The van der Waals surface area contributed by atoms with Crippen LogP contribution < -0.4 is 4.90 Å². The van der Waals surface area contributed by atoms with E-state index in [1.807, 2.05) is 0 Å². The first-order valence-electron chi connectivity index (χ1n) is 21.7. The molecule has 9 aromatic rings. The lowest BCUT2D eigenvalue weighted by Gasteiger charge is -2.29. The second-order valence-electron chi connectivity index (χ2n) is 17.2. The summed E-state index contributed by atoms with van der Waals surface area (Å²) in [5.41, 5.74) is 22.9. The highest BCUT2D eigenvalue weighted by molar-refractivity contribution is 5.96. The minimum absolute atomic E-state index is 0.163. The second kappa shape index (κ2) is 15.1. The summed E-state index contributed by atoms with van der Waals surface area (Å²) >= 11 is 0. The zero-order valence-corrected chi connectivity index (χ0v) is 34.7. The predicted molar refractivity (Wildman–Crippen MR) is 257 cm³/mol. The Hall–Kier alpha value is -7.22. The molecule has 0 heterocycles. The molecule has 0 N–H and O–H groups in total. The molecule has 0 bridgehead atoms. The zero-order chi connectivity index (χ0) is 40.9. The first-order valence-corrected chi connectivity index (χ1v) is 21.7. The van der Waals surface area contributed by atoms with E-state index in [1.165, 1.54) is 89.1 Å². The molecular weight excluding hydrogens is 735 g/mol. The van der Waals surface area contributed by atoms with Crippen LogP contribution in [0.25, 0.3) is 55.6 Å². The molecule has 0 amide bonds. The Kier molecular flexibility index (Phi) is 9.12. The zero-order valence-electron chi connectivity index (χ0n) is 34.7. The van der Waals surface area contributed by atoms with Gasteiger partial charge in [0.15, 0.2) is 0 Å². The van der Waals surface area contributed by atoms with Crippen LogP contribution in [0, 0.1) is 0 Å². The van der Waals surface area contributed by atoms with Gasteiger partial charge < -0.3 is 4.90 Å². The van der Waals surface area contributed by atoms with Crippen molar-refractivity contribution in [2.24, 2.45) is 0 Å². The SMILES string of the molecule is CC1(C)c2cc(-c3ccccc3)ccc2-c2c(N(c3ccc(-c4ccccc4)cc3)c3ccc(-c4ccc5c(c4)-c4ccccc4C(c4ccccc4)CC5)cc3)cccc21. The van der Waals surface area contributed by atoms with Gasteiger partial charge in [0.05, 0.1) is 5.69 Å². The van der Waals surface area contributed by atoms with Crippen molar-refractivity contribution in [1.82, 2.24) is 0 Å². The van der Waals surface area contributed by atoms with Crippen LogP contribution in [0.5, 0.6) is 0 Å². The summed E-state index contributed by atoms with van der Waals surface area (Å²) in [6.45, 7) is 4.76. The molecule has 0 radical (unpaired) electrons. The monoisotopic (exact) mass is 781 g/mol. The lowest BCUT2D eigenvalue weighted by Crippen LogP contribution is -2.16. The van der Waals surface area contributed by atoms with E-state index in [9.17, 15) is 0 Å². The van der Waals surface area contributed by atoms with E-state index < -0.39 is 0 Å². The van der Waals surface area contributed by atoms with Crippen LogP contribution in [0.3, 0.4) is 0 Å². The van der Waals surface area contributed by atoms with Gasteiger partial charge in [-0.05, 0) is 133 Å². The Morgan fingerprint density at radius 3 is 1.64 bits per heavy atom. The van der Waals surface area contributed by atoms with Crippen molar-refractivity contribution in [2.75, 3.05) is 4.90 Å². The fourth-order valence-electron chi connectivity index (χ4n) is 10.2. The molecule has 0 aromatic heterocycles. The first-order chi connectivity index (χ1) is 30.0. The van der Waals surface area contributed by atoms with Crippen LogP contribution in [0.4, 0.5) is 17.1 Å². The summed E-state index contributed by atoms with van der Waals surface area (Å²) in [4.78, 5) is 2.46. The van der Waals surface area contributed by atoms with E-state index in [2.05, 4.69) is 237 Å². The van der Waals surface area contributed by atoms with Gasteiger partial charge in [-0.1, -0.05) is 190 Å². The van der Waals surface area contributed by atoms with Crippen molar-refractivity contribution in [1.29, 1.82) is 0 Å². The topological polar surface area (TPSA) is 3.24 Å². The number of rotatable bonds is 7. The first kappa shape index (κ1) is 36.8. The van der Waals surface area contributed by atoms with Gasteiger partial charge in [0.1, 0.15) is 0 Å². The molecule has 1 unspecified atom stereocenters. The van der Waals surface area contributed by atoms with Gasteiger partial charge in [0.2, 0.25) is 0 Å². The van der Waals surface area contributed by atoms with Crippen molar-refractivity contribution in [3.8, 4) is 55.6 Å². The molecule has 0 saturated carbocycles. The van der Waals surface area contributed by atoms with Gasteiger partial charge in [-0.3, -0.25) is 0 Å². The second-order valence-corrected chi connectivity index (χ2v) is 17.2. The van der Waals surface area contributed by atoms with Gasteiger partial charge in [-0.25, -0.2) is 0 Å². The number of anilines is 3. The summed E-state index contributed by atoms with van der Waals surface area (Å²) in [5, 5.41) is 0. The molecule has 0 saturated heterocycles. The third-order valence-electron chi connectivity index (χ3n) is 13.4. The number of hydrogen-bond acceptors (Lipinski definition) is 1. The van der Waals surface area contributed by atoms with Crippen LogP contribution >= 0.6 is 0 Å². The van der Waals surface area contributed by atoms with Crippen molar-refractivity contribution < 1.29 is 0 Å². The largest absolute Gasteiger partial charge is 0.310 e. The highest BCUT2D eigenvalue weighted by Crippen LogP contribution is 2.55. The maximum absolute atomic E-state index is 2.46. The van der Waals surface area contributed by atoms with Crippen molar-refractivity contribution >= 4 is 17.1 Å². The van der Waals surface area contributed by atoms with Gasteiger partial charge in [-0.2, -0.15) is 0 Å². The standard InChI is InChI=1S/C60H47N/c1-60(2)56-23-14-24-58(59(56)54-38-32-48(40-57(54)60)42-17-8-4-9-18-42)61(49-33-27-43(28-34-49)41-15-6-3-7-16-41)50-35-29-44(30-36-50)47-26-25-46-31-37-51(45-19-10-5-11-20-45)52-21-12-13-22-53(52)55(46)39-47/h3-30,32-36,38-40,51H,31,37H2,1-2H3. The fraction of sp³-hybridized carbons (Fsp3) is 0.100. The number of aryl methyl sites for hydroxylation is 1. The average Bonchev–Trinajstić information content (AvgIpc) is 3.44. The summed E-state index contributed by atoms with van der Waals surface area (Å²) in [6, 6.07) is 80.9.